The zero-order valence-corrected chi connectivity index (χ0v) is 13.3. The summed E-state index contributed by atoms with van der Waals surface area (Å²) >= 11 is 6.39. The van der Waals surface area contributed by atoms with Crippen LogP contribution in [0.2, 0.25) is 0 Å². The molecule has 0 amide bonds. The summed E-state index contributed by atoms with van der Waals surface area (Å²) in [6, 6.07) is 10.8. The largest absolute Gasteiger partial charge is 0.507 e. The minimum atomic E-state index is 0.292. The van der Waals surface area contributed by atoms with Crippen molar-refractivity contribution in [1.29, 1.82) is 0 Å². The summed E-state index contributed by atoms with van der Waals surface area (Å²) in [4.78, 5) is 0. The number of hydrogen-bond acceptors (Lipinski definition) is 2. The lowest BCUT2D eigenvalue weighted by molar-refractivity contribution is 0.471. The number of phenols is 2. The molecule has 0 spiro atoms. The van der Waals surface area contributed by atoms with E-state index in [1.165, 1.54) is 0 Å². The van der Waals surface area contributed by atoms with E-state index < -0.39 is 0 Å². The highest BCUT2D eigenvalue weighted by Crippen LogP contribution is 2.24. The molecule has 0 saturated carbocycles. The summed E-state index contributed by atoms with van der Waals surface area (Å²) < 4.78 is 1.50. The number of halogens is 2. The molecular weight excluding hydrogens is 360 g/mol. The van der Waals surface area contributed by atoms with Gasteiger partial charge in [-0.1, -0.05) is 12.1 Å². The van der Waals surface area contributed by atoms with Gasteiger partial charge in [-0.25, -0.2) is 0 Å². The van der Waals surface area contributed by atoms with Crippen LogP contribution in [0.5, 0.6) is 11.5 Å². The third kappa shape index (κ3) is 4.70. The summed E-state index contributed by atoms with van der Waals surface area (Å²) in [5, 5.41) is 18.0. The Labute approximate surface area is 124 Å². The van der Waals surface area contributed by atoms with Crippen LogP contribution < -0.4 is 0 Å². The molecule has 2 rings (SSSR count). The van der Waals surface area contributed by atoms with Gasteiger partial charge in [0.25, 0.3) is 0 Å². The van der Waals surface area contributed by atoms with E-state index in [9.17, 15) is 0 Å². The zero-order chi connectivity index (χ0) is 13.7. The zero-order valence-electron chi connectivity index (χ0n) is 10.1. The van der Waals surface area contributed by atoms with Crippen LogP contribution in [0, 0.1) is 13.8 Å². The summed E-state index contributed by atoms with van der Waals surface area (Å²) in [6.07, 6.45) is 0. The van der Waals surface area contributed by atoms with Crippen molar-refractivity contribution in [3.8, 4) is 11.5 Å². The van der Waals surface area contributed by atoms with Crippen LogP contribution in [0.4, 0.5) is 0 Å². The molecule has 2 N–H and O–H groups in total. The van der Waals surface area contributed by atoms with Gasteiger partial charge in [-0.15, -0.1) is 0 Å². The predicted molar refractivity (Wildman–Crippen MR) is 81.1 cm³/mol. The Kier molecular flexibility index (Phi) is 5.69. The second kappa shape index (κ2) is 6.81. The van der Waals surface area contributed by atoms with Crippen LogP contribution in [0.15, 0.2) is 45.3 Å². The molecule has 0 aliphatic rings. The minimum Gasteiger partial charge on any atom is -0.507 e. The third-order valence-corrected chi connectivity index (χ3v) is 3.48. The summed E-state index contributed by atoms with van der Waals surface area (Å²) in [5.41, 5.74) is 2.28. The van der Waals surface area contributed by atoms with Crippen LogP contribution in [-0.2, 0) is 0 Å². The van der Waals surface area contributed by atoms with Crippen molar-refractivity contribution in [2.24, 2.45) is 0 Å². The van der Waals surface area contributed by atoms with E-state index in [-0.39, 0.29) is 0 Å². The Morgan fingerprint density at radius 2 is 1.06 bits per heavy atom. The first-order valence-corrected chi connectivity index (χ1v) is 6.89. The molecule has 0 bridgehead atoms. The fraction of sp³-hybridized carbons (Fsp3) is 0.143. The number of aryl methyl sites for hydroxylation is 2. The SMILES string of the molecule is Cc1ccc(O)c(Br)c1.Cc1ccc(O)c(Br)c1. The van der Waals surface area contributed by atoms with Gasteiger partial charge in [0.15, 0.2) is 0 Å². The van der Waals surface area contributed by atoms with Crippen LogP contribution in [0.3, 0.4) is 0 Å². The van der Waals surface area contributed by atoms with E-state index in [0.717, 1.165) is 20.1 Å². The molecule has 96 valence electrons. The van der Waals surface area contributed by atoms with E-state index in [1.54, 1.807) is 12.1 Å². The molecule has 0 fully saturated rings. The van der Waals surface area contributed by atoms with Gasteiger partial charge < -0.3 is 10.2 Å². The maximum absolute atomic E-state index is 9.00. The number of rotatable bonds is 0. The van der Waals surface area contributed by atoms with E-state index >= 15 is 0 Å². The van der Waals surface area contributed by atoms with E-state index in [1.807, 2.05) is 38.1 Å². The molecule has 0 radical (unpaired) electrons. The summed E-state index contributed by atoms with van der Waals surface area (Å²) in [5.74, 6) is 0.584. The third-order valence-electron chi connectivity index (χ3n) is 2.21. The molecule has 0 heterocycles. The lowest BCUT2D eigenvalue weighted by Crippen LogP contribution is -1.71. The topological polar surface area (TPSA) is 40.5 Å². The first-order chi connectivity index (χ1) is 8.40. The number of aromatic hydroxyl groups is 2. The quantitative estimate of drug-likeness (QED) is 0.687. The van der Waals surface area contributed by atoms with E-state index in [4.69, 9.17) is 10.2 Å². The minimum absolute atomic E-state index is 0.292. The molecule has 0 saturated heterocycles. The standard InChI is InChI=1S/2C7H7BrO/c2*1-5-2-3-7(9)6(8)4-5/h2*2-4,9H,1H3. The van der Waals surface area contributed by atoms with Crippen LogP contribution in [0.25, 0.3) is 0 Å². The van der Waals surface area contributed by atoms with Gasteiger partial charge in [-0.05, 0) is 81.1 Å². The van der Waals surface area contributed by atoms with Crippen LogP contribution in [0.1, 0.15) is 11.1 Å². The van der Waals surface area contributed by atoms with Crippen LogP contribution >= 0.6 is 31.9 Å². The van der Waals surface area contributed by atoms with Crippen molar-refractivity contribution < 1.29 is 10.2 Å². The predicted octanol–water partition coefficient (Wildman–Crippen LogP) is 4.93. The van der Waals surface area contributed by atoms with Crippen molar-refractivity contribution in [3.05, 3.63) is 56.5 Å². The van der Waals surface area contributed by atoms with Gasteiger partial charge in [-0.3, -0.25) is 0 Å². The summed E-state index contributed by atoms with van der Waals surface area (Å²) in [6.45, 7) is 3.95. The molecule has 2 aromatic carbocycles. The molecule has 0 aliphatic carbocycles. The van der Waals surface area contributed by atoms with E-state index in [2.05, 4.69) is 31.9 Å². The van der Waals surface area contributed by atoms with Gasteiger partial charge in [0.05, 0.1) is 8.95 Å². The maximum atomic E-state index is 9.00. The first kappa shape index (κ1) is 15.1. The van der Waals surface area contributed by atoms with Gasteiger partial charge in [0.1, 0.15) is 11.5 Å². The molecule has 2 nitrogen and oxygen atoms in total. The average molecular weight is 374 g/mol. The van der Waals surface area contributed by atoms with Gasteiger partial charge in [-0.2, -0.15) is 0 Å². The highest BCUT2D eigenvalue weighted by molar-refractivity contribution is 9.10. The highest BCUT2D eigenvalue weighted by atomic mass is 79.9. The second-order valence-corrected chi connectivity index (χ2v) is 5.62. The van der Waals surface area contributed by atoms with Crippen molar-refractivity contribution in [1.82, 2.24) is 0 Å². The lowest BCUT2D eigenvalue weighted by Gasteiger charge is -1.95. The van der Waals surface area contributed by atoms with Crippen molar-refractivity contribution >= 4 is 31.9 Å². The Morgan fingerprint density at radius 1 is 0.722 bits per heavy atom. The fourth-order valence-corrected chi connectivity index (χ4v) is 2.21. The molecule has 2 aromatic rings. The maximum Gasteiger partial charge on any atom is 0.129 e. The monoisotopic (exact) mass is 372 g/mol. The molecule has 0 aromatic heterocycles. The lowest BCUT2D eigenvalue weighted by atomic mass is 10.2. The molecule has 0 atom stereocenters. The number of hydrogen-bond donors (Lipinski definition) is 2. The second-order valence-electron chi connectivity index (χ2n) is 3.91. The normalized spacial score (nSPS) is 9.56. The fourth-order valence-electron chi connectivity index (χ4n) is 1.22. The van der Waals surface area contributed by atoms with Gasteiger partial charge in [0.2, 0.25) is 0 Å². The van der Waals surface area contributed by atoms with Crippen molar-refractivity contribution in [3.63, 3.8) is 0 Å². The molecule has 0 aliphatic heterocycles. The van der Waals surface area contributed by atoms with Crippen molar-refractivity contribution in [2.45, 2.75) is 13.8 Å². The number of benzene rings is 2. The van der Waals surface area contributed by atoms with Crippen LogP contribution in [-0.4, -0.2) is 10.2 Å². The Balaban J connectivity index is 0.000000180. The highest BCUT2D eigenvalue weighted by Gasteiger charge is 1.94. The summed E-state index contributed by atoms with van der Waals surface area (Å²) in [7, 11) is 0. The van der Waals surface area contributed by atoms with E-state index in [0.29, 0.717) is 11.5 Å². The smallest absolute Gasteiger partial charge is 0.129 e. The molecule has 18 heavy (non-hydrogen) atoms. The Hall–Kier alpha value is -1.00. The number of phenolic OH excluding ortho intramolecular Hbond substituents is 2. The Bertz CT molecular complexity index is 490. The average Bonchev–Trinajstić information content (AvgIpc) is 2.30. The van der Waals surface area contributed by atoms with Gasteiger partial charge >= 0.3 is 0 Å². The first-order valence-electron chi connectivity index (χ1n) is 5.30. The molecule has 4 heteroatoms. The Morgan fingerprint density at radius 3 is 1.28 bits per heavy atom. The molecular formula is C14H14Br2O2. The molecule has 0 unspecified atom stereocenters. The van der Waals surface area contributed by atoms with Gasteiger partial charge in [0, 0.05) is 0 Å². The van der Waals surface area contributed by atoms with Crippen molar-refractivity contribution in [2.75, 3.05) is 0 Å².